The molecule has 1 aromatic rings. The third-order valence-electron chi connectivity index (χ3n) is 3.53. The monoisotopic (exact) mass is 327 g/mol. The quantitative estimate of drug-likeness (QED) is 0.674. The molecule has 2 rings (SSSR count). The predicted molar refractivity (Wildman–Crippen MR) is 80.6 cm³/mol. The van der Waals surface area contributed by atoms with Crippen molar-refractivity contribution in [2.24, 2.45) is 5.92 Å². The molecule has 0 saturated heterocycles. The maximum Gasteiger partial charge on any atom is 0.252 e. The van der Waals surface area contributed by atoms with Gasteiger partial charge in [0.2, 0.25) is 0 Å². The molecule has 1 aromatic carbocycles. The molecule has 1 amide bonds. The van der Waals surface area contributed by atoms with Crippen LogP contribution in [0.2, 0.25) is 0 Å². The van der Waals surface area contributed by atoms with Crippen molar-refractivity contribution < 1.29 is 4.79 Å². The van der Waals surface area contributed by atoms with Gasteiger partial charge in [-0.15, -0.1) is 11.8 Å². The highest BCUT2D eigenvalue weighted by Crippen LogP contribution is 2.28. The molecule has 0 aromatic heterocycles. The minimum Gasteiger partial charge on any atom is -0.349 e. The highest BCUT2D eigenvalue weighted by molar-refractivity contribution is 9.09. The SMILES string of the molecule is CSc1ccccc1C(=O)NC1CCCC1CBr. The van der Waals surface area contributed by atoms with E-state index in [1.54, 1.807) is 11.8 Å². The lowest BCUT2D eigenvalue weighted by molar-refractivity contribution is 0.0927. The van der Waals surface area contributed by atoms with Crippen LogP contribution >= 0.6 is 27.7 Å². The number of halogens is 1. The Bertz CT molecular complexity index is 424. The first-order valence-corrected chi connectivity index (χ1v) is 8.60. The minimum atomic E-state index is 0.0674. The third kappa shape index (κ3) is 3.09. The van der Waals surface area contributed by atoms with Crippen molar-refractivity contribution in [2.75, 3.05) is 11.6 Å². The van der Waals surface area contributed by atoms with Crippen LogP contribution in [-0.4, -0.2) is 23.5 Å². The number of carbonyl (C=O) groups is 1. The number of thioether (sulfide) groups is 1. The summed E-state index contributed by atoms with van der Waals surface area (Å²) in [5.74, 6) is 0.646. The van der Waals surface area contributed by atoms with E-state index in [0.717, 1.165) is 22.2 Å². The van der Waals surface area contributed by atoms with Gasteiger partial charge in [-0.2, -0.15) is 0 Å². The zero-order chi connectivity index (χ0) is 13.0. The summed E-state index contributed by atoms with van der Waals surface area (Å²) in [6.45, 7) is 0. The average Bonchev–Trinajstić information content (AvgIpc) is 2.85. The van der Waals surface area contributed by atoms with E-state index in [-0.39, 0.29) is 5.91 Å². The topological polar surface area (TPSA) is 29.1 Å². The number of benzene rings is 1. The number of rotatable bonds is 4. The summed E-state index contributed by atoms with van der Waals surface area (Å²) in [4.78, 5) is 13.3. The van der Waals surface area contributed by atoms with Gasteiger partial charge in [-0.3, -0.25) is 4.79 Å². The van der Waals surface area contributed by atoms with E-state index in [9.17, 15) is 4.79 Å². The van der Waals surface area contributed by atoms with Gasteiger partial charge >= 0.3 is 0 Å². The molecular formula is C14H18BrNOS. The smallest absolute Gasteiger partial charge is 0.252 e. The van der Waals surface area contributed by atoms with Crippen molar-refractivity contribution in [3.05, 3.63) is 29.8 Å². The Kier molecular flexibility index (Phi) is 5.13. The average molecular weight is 328 g/mol. The summed E-state index contributed by atoms with van der Waals surface area (Å²) in [6, 6.07) is 8.12. The predicted octanol–water partition coefficient (Wildman–Crippen LogP) is 3.70. The fraction of sp³-hybridized carbons (Fsp3) is 0.500. The van der Waals surface area contributed by atoms with Crippen LogP contribution in [0.5, 0.6) is 0 Å². The van der Waals surface area contributed by atoms with E-state index in [1.807, 2.05) is 30.5 Å². The van der Waals surface area contributed by atoms with Gasteiger partial charge in [0.05, 0.1) is 5.56 Å². The molecular weight excluding hydrogens is 310 g/mol. The molecule has 2 nitrogen and oxygen atoms in total. The lowest BCUT2D eigenvalue weighted by Gasteiger charge is -2.19. The Morgan fingerprint density at radius 2 is 2.22 bits per heavy atom. The first kappa shape index (κ1) is 13.9. The first-order chi connectivity index (χ1) is 8.76. The van der Waals surface area contributed by atoms with Gasteiger partial charge in [-0.1, -0.05) is 34.5 Å². The molecule has 0 aliphatic heterocycles. The van der Waals surface area contributed by atoms with Gasteiger partial charge in [0.25, 0.3) is 5.91 Å². The Balaban J connectivity index is 2.07. The van der Waals surface area contributed by atoms with E-state index in [2.05, 4.69) is 21.2 Å². The third-order valence-corrected chi connectivity index (χ3v) is 5.15. The molecule has 1 aliphatic carbocycles. The summed E-state index contributed by atoms with van der Waals surface area (Å²) < 4.78 is 0. The molecule has 98 valence electrons. The Morgan fingerprint density at radius 3 is 2.94 bits per heavy atom. The lowest BCUT2D eigenvalue weighted by Crippen LogP contribution is -2.38. The van der Waals surface area contributed by atoms with Gasteiger partial charge in [-0.05, 0) is 37.1 Å². The van der Waals surface area contributed by atoms with Crippen LogP contribution < -0.4 is 5.32 Å². The molecule has 0 spiro atoms. The standard InChI is InChI=1S/C14H18BrNOS/c1-18-13-8-3-2-6-11(13)14(17)16-12-7-4-5-10(12)9-15/h2-3,6,8,10,12H,4-5,7,9H2,1H3,(H,16,17). The number of alkyl halides is 1. The maximum absolute atomic E-state index is 12.3. The first-order valence-electron chi connectivity index (χ1n) is 6.26. The zero-order valence-corrected chi connectivity index (χ0v) is 12.9. The highest BCUT2D eigenvalue weighted by atomic mass is 79.9. The Hall–Kier alpha value is -0.480. The van der Waals surface area contributed by atoms with Crippen LogP contribution in [0, 0.1) is 5.92 Å². The van der Waals surface area contributed by atoms with E-state index < -0.39 is 0 Å². The van der Waals surface area contributed by atoms with Gasteiger partial charge in [0.1, 0.15) is 0 Å². The second kappa shape index (κ2) is 6.62. The molecule has 0 radical (unpaired) electrons. The summed E-state index contributed by atoms with van der Waals surface area (Å²) >= 11 is 5.15. The molecule has 1 N–H and O–H groups in total. The Morgan fingerprint density at radius 1 is 1.44 bits per heavy atom. The minimum absolute atomic E-state index is 0.0674. The zero-order valence-electron chi connectivity index (χ0n) is 10.5. The number of nitrogens with one attached hydrogen (secondary N) is 1. The molecule has 2 atom stereocenters. The number of carbonyl (C=O) groups excluding carboxylic acids is 1. The molecule has 0 heterocycles. The fourth-order valence-corrected chi connectivity index (χ4v) is 3.86. The number of hydrogen-bond acceptors (Lipinski definition) is 2. The normalized spacial score (nSPS) is 23.0. The van der Waals surface area contributed by atoms with Crippen LogP contribution in [0.4, 0.5) is 0 Å². The summed E-state index contributed by atoms with van der Waals surface area (Å²) in [5.41, 5.74) is 0.797. The summed E-state index contributed by atoms with van der Waals surface area (Å²) in [7, 11) is 0. The molecule has 0 bridgehead atoms. The van der Waals surface area contributed by atoms with E-state index in [1.165, 1.54) is 12.8 Å². The van der Waals surface area contributed by atoms with E-state index in [0.29, 0.717) is 12.0 Å². The van der Waals surface area contributed by atoms with Crippen LogP contribution in [-0.2, 0) is 0 Å². The van der Waals surface area contributed by atoms with Gasteiger partial charge in [0, 0.05) is 16.3 Å². The van der Waals surface area contributed by atoms with Crippen LogP contribution in [0.1, 0.15) is 29.6 Å². The Labute approximate surface area is 121 Å². The second-order valence-corrected chi connectivity index (χ2v) is 6.12. The van der Waals surface area contributed by atoms with Crippen molar-refractivity contribution in [3.8, 4) is 0 Å². The molecule has 18 heavy (non-hydrogen) atoms. The molecule has 1 saturated carbocycles. The molecule has 1 aliphatic rings. The largest absolute Gasteiger partial charge is 0.349 e. The van der Waals surface area contributed by atoms with Crippen molar-refractivity contribution in [3.63, 3.8) is 0 Å². The van der Waals surface area contributed by atoms with E-state index >= 15 is 0 Å². The lowest BCUT2D eigenvalue weighted by atomic mass is 10.1. The van der Waals surface area contributed by atoms with Gasteiger partial charge in [0.15, 0.2) is 0 Å². The van der Waals surface area contributed by atoms with Crippen molar-refractivity contribution >= 4 is 33.6 Å². The van der Waals surface area contributed by atoms with Gasteiger partial charge < -0.3 is 5.32 Å². The number of amides is 1. The highest BCUT2D eigenvalue weighted by Gasteiger charge is 2.28. The van der Waals surface area contributed by atoms with Gasteiger partial charge in [-0.25, -0.2) is 0 Å². The number of hydrogen-bond donors (Lipinski definition) is 1. The van der Waals surface area contributed by atoms with Crippen LogP contribution in [0.25, 0.3) is 0 Å². The van der Waals surface area contributed by atoms with Crippen LogP contribution in [0.15, 0.2) is 29.2 Å². The van der Waals surface area contributed by atoms with Crippen LogP contribution in [0.3, 0.4) is 0 Å². The maximum atomic E-state index is 12.3. The molecule has 4 heteroatoms. The van der Waals surface area contributed by atoms with Crippen molar-refractivity contribution in [2.45, 2.75) is 30.2 Å². The fourth-order valence-electron chi connectivity index (χ4n) is 2.49. The molecule has 1 fully saturated rings. The van der Waals surface area contributed by atoms with Crippen molar-refractivity contribution in [1.29, 1.82) is 0 Å². The summed E-state index contributed by atoms with van der Waals surface area (Å²) in [6.07, 6.45) is 5.53. The molecule has 2 unspecified atom stereocenters. The summed E-state index contributed by atoms with van der Waals surface area (Å²) in [5, 5.41) is 4.16. The van der Waals surface area contributed by atoms with E-state index in [4.69, 9.17) is 0 Å². The van der Waals surface area contributed by atoms with Crippen molar-refractivity contribution in [1.82, 2.24) is 5.32 Å². The second-order valence-electron chi connectivity index (χ2n) is 4.63.